The number of rotatable bonds is 12. The Kier molecular flexibility index (Phi) is 9.80. The molecule has 43 heavy (non-hydrogen) atoms. The molecule has 4 aliphatic rings. The average molecular weight is 675 g/mol. The van der Waals surface area contributed by atoms with Gasteiger partial charge in [0.2, 0.25) is 17.6 Å². The van der Waals surface area contributed by atoms with Crippen LogP contribution >= 0.6 is 27.3 Å². The standard InChI is InChI=1S/C30H36BrN5O6S/c1-2-32-28(40)23(37)6-5-21(33-29(41)24-13-20(31)15-43-24)27(39)34-22-4-3-7-36(30(22)42)14-25(38)35-26-18-9-16-8-17(11-18)12-19(26)10-16/h3-4,7,13,15-19,21,26H,2,5-6,8-12,14H2,1H3,(H,32,40)(H,33,41)(H,34,39)(H,35,38)/t16?,17?,18?,19?,21-,26?/m0/s1. The van der Waals surface area contributed by atoms with Gasteiger partial charge in [0.15, 0.2) is 0 Å². The summed E-state index contributed by atoms with van der Waals surface area (Å²) in [5, 5.41) is 12.5. The molecule has 0 aliphatic heterocycles. The van der Waals surface area contributed by atoms with Gasteiger partial charge in [-0.25, -0.2) is 0 Å². The number of nitrogens with zero attached hydrogens (tertiary/aromatic N) is 1. The zero-order valence-electron chi connectivity index (χ0n) is 23.9. The van der Waals surface area contributed by atoms with Gasteiger partial charge in [0.1, 0.15) is 18.3 Å². The van der Waals surface area contributed by atoms with Crippen molar-refractivity contribution >= 4 is 62.4 Å². The maximum atomic E-state index is 13.3. The normalized spacial score (nSPS) is 24.2. The first kappa shape index (κ1) is 31.1. The number of pyridine rings is 1. The molecule has 0 unspecified atom stereocenters. The number of nitrogens with one attached hydrogen (secondary N) is 4. The third-order valence-corrected chi connectivity index (χ3v) is 10.5. The average Bonchev–Trinajstić information content (AvgIpc) is 3.41. The summed E-state index contributed by atoms with van der Waals surface area (Å²) in [6.45, 7) is 1.78. The molecule has 4 fully saturated rings. The number of ketones is 1. The number of hydrogen-bond acceptors (Lipinski definition) is 7. The van der Waals surface area contributed by atoms with Crippen LogP contribution in [-0.2, 0) is 25.7 Å². The molecule has 11 nitrogen and oxygen atoms in total. The van der Waals surface area contributed by atoms with E-state index in [2.05, 4.69) is 37.2 Å². The summed E-state index contributed by atoms with van der Waals surface area (Å²) in [7, 11) is 0. The number of amides is 4. The molecule has 2 aromatic rings. The lowest BCUT2D eigenvalue weighted by Crippen LogP contribution is -2.56. The van der Waals surface area contributed by atoms with Crippen molar-refractivity contribution in [3.8, 4) is 0 Å². The molecule has 230 valence electrons. The van der Waals surface area contributed by atoms with Crippen LogP contribution in [0.4, 0.5) is 5.69 Å². The van der Waals surface area contributed by atoms with Crippen LogP contribution in [0.1, 0.15) is 61.5 Å². The Hall–Kier alpha value is -3.32. The van der Waals surface area contributed by atoms with Crippen molar-refractivity contribution in [2.45, 2.75) is 70.5 Å². The fraction of sp³-hybridized carbons (Fsp3) is 0.533. The second-order valence-electron chi connectivity index (χ2n) is 11.8. The number of anilines is 1. The van der Waals surface area contributed by atoms with Gasteiger partial charge >= 0.3 is 0 Å². The summed E-state index contributed by atoms with van der Waals surface area (Å²) >= 11 is 4.46. The summed E-state index contributed by atoms with van der Waals surface area (Å²) in [5.74, 6) is -0.409. The summed E-state index contributed by atoms with van der Waals surface area (Å²) in [5.41, 5.74) is -0.634. The number of carbonyl (C=O) groups excluding carboxylic acids is 5. The molecule has 4 bridgehead atoms. The zero-order valence-corrected chi connectivity index (χ0v) is 26.3. The van der Waals surface area contributed by atoms with Crippen LogP contribution in [0.5, 0.6) is 0 Å². The van der Waals surface area contributed by atoms with Crippen LogP contribution in [0, 0.1) is 23.7 Å². The maximum Gasteiger partial charge on any atom is 0.287 e. The minimum absolute atomic E-state index is 0.0666. The van der Waals surface area contributed by atoms with E-state index in [0.29, 0.717) is 21.2 Å². The number of thiophene rings is 1. The van der Waals surface area contributed by atoms with E-state index >= 15 is 0 Å². The van der Waals surface area contributed by atoms with Crippen molar-refractivity contribution in [2.24, 2.45) is 23.7 Å². The van der Waals surface area contributed by atoms with Gasteiger partial charge in [0, 0.05) is 35.1 Å². The van der Waals surface area contributed by atoms with Gasteiger partial charge in [0.05, 0.1) is 4.88 Å². The highest BCUT2D eigenvalue weighted by Gasteiger charge is 2.48. The molecular weight excluding hydrogens is 638 g/mol. The number of Topliss-reactive ketones (excluding diaryl/α,β-unsaturated/α-hetero) is 1. The van der Waals surface area contributed by atoms with Crippen LogP contribution in [0.2, 0.25) is 0 Å². The van der Waals surface area contributed by atoms with Gasteiger partial charge in [-0.05, 0) is 103 Å². The molecule has 0 spiro atoms. The van der Waals surface area contributed by atoms with Crippen molar-refractivity contribution in [1.82, 2.24) is 20.5 Å². The third-order valence-electron chi connectivity index (χ3n) is 8.81. The number of halogens is 1. The molecule has 6 rings (SSSR count). The minimum Gasteiger partial charge on any atom is -0.351 e. The number of carbonyl (C=O) groups is 5. The van der Waals surface area contributed by atoms with Gasteiger partial charge in [-0.1, -0.05) is 0 Å². The fourth-order valence-electron chi connectivity index (χ4n) is 7.10. The quantitative estimate of drug-likeness (QED) is 0.254. The lowest BCUT2D eigenvalue weighted by atomic mass is 9.54. The fourth-order valence-corrected chi connectivity index (χ4v) is 8.43. The molecule has 4 saturated carbocycles. The van der Waals surface area contributed by atoms with Crippen LogP contribution in [-0.4, -0.2) is 52.6 Å². The van der Waals surface area contributed by atoms with Gasteiger partial charge in [-0.15, -0.1) is 11.3 Å². The second kappa shape index (κ2) is 13.5. The predicted octanol–water partition coefficient (Wildman–Crippen LogP) is 2.84. The Bertz CT molecular complexity index is 1440. The molecule has 2 aromatic heterocycles. The lowest BCUT2D eigenvalue weighted by Gasteiger charge is -2.54. The van der Waals surface area contributed by atoms with Crippen LogP contribution in [0.25, 0.3) is 0 Å². The van der Waals surface area contributed by atoms with Gasteiger partial charge in [-0.3, -0.25) is 28.8 Å². The minimum atomic E-state index is -1.21. The zero-order chi connectivity index (χ0) is 30.7. The van der Waals surface area contributed by atoms with E-state index in [1.165, 1.54) is 34.6 Å². The van der Waals surface area contributed by atoms with E-state index < -0.39 is 35.1 Å². The highest BCUT2D eigenvalue weighted by atomic mass is 79.9. The maximum absolute atomic E-state index is 13.3. The first-order valence-electron chi connectivity index (χ1n) is 14.8. The predicted molar refractivity (Wildman–Crippen MR) is 165 cm³/mol. The smallest absolute Gasteiger partial charge is 0.287 e. The SMILES string of the molecule is CCNC(=O)C(=O)CC[C@H](NC(=O)c1cc(Br)cs1)C(=O)Nc1cccn(CC(=O)NC2C3CC4CC(C3)CC2C4)c1=O. The molecule has 0 saturated heterocycles. The summed E-state index contributed by atoms with van der Waals surface area (Å²) in [6, 6.07) is 3.51. The van der Waals surface area contributed by atoms with E-state index in [9.17, 15) is 28.8 Å². The Morgan fingerprint density at radius 1 is 1.07 bits per heavy atom. The van der Waals surface area contributed by atoms with E-state index in [0.717, 1.165) is 37.5 Å². The molecule has 13 heteroatoms. The third kappa shape index (κ3) is 7.43. The van der Waals surface area contributed by atoms with Crippen molar-refractivity contribution in [3.05, 3.63) is 49.5 Å². The Balaban J connectivity index is 1.24. The highest BCUT2D eigenvalue weighted by molar-refractivity contribution is 9.10. The van der Waals surface area contributed by atoms with Crippen molar-refractivity contribution in [3.63, 3.8) is 0 Å². The van der Waals surface area contributed by atoms with E-state index in [-0.39, 0.29) is 43.6 Å². The van der Waals surface area contributed by atoms with Crippen LogP contribution < -0.4 is 26.8 Å². The molecule has 4 N–H and O–H groups in total. The van der Waals surface area contributed by atoms with Gasteiger partial charge in [-0.2, -0.15) is 0 Å². The first-order valence-corrected chi connectivity index (χ1v) is 16.4. The Morgan fingerprint density at radius 3 is 2.40 bits per heavy atom. The highest BCUT2D eigenvalue weighted by Crippen LogP contribution is 2.53. The van der Waals surface area contributed by atoms with Crippen molar-refractivity contribution in [2.75, 3.05) is 11.9 Å². The lowest BCUT2D eigenvalue weighted by molar-refractivity contribution is -0.138. The summed E-state index contributed by atoms with van der Waals surface area (Å²) < 4.78 is 1.95. The Morgan fingerprint density at radius 2 is 1.77 bits per heavy atom. The summed E-state index contributed by atoms with van der Waals surface area (Å²) in [6.07, 6.45) is 7.02. The van der Waals surface area contributed by atoms with E-state index in [1.807, 2.05) is 0 Å². The first-order chi connectivity index (χ1) is 20.6. The second-order valence-corrected chi connectivity index (χ2v) is 13.7. The number of hydrogen-bond donors (Lipinski definition) is 4. The topological polar surface area (TPSA) is 155 Å². The molecule has 0 radical (unpaired) electrons. The molecule has 1 atom stereocenters. The monoisotopic (exact) mass is 673 g/mol. The van der Waals surface area contributed by atoms with E-state index in [1.54, 1.807) is 24.4 Å². The van der Waals surface area contributed by atoms with Gasteiger partial charge < -0.3 is 25.8 Å². The summed E-state index contributed by atoms with van der Waals surface area (Å²) in [4.78, 5) is 76.9. The van der Waals surface area contributed by atoms with Crippen molar-refractivity contribution < 1.29 is 24.0 Å². The van der Waals surface area contributed by atoms with Gasteiger partial charge in [0.25, 0.3) is 17.4 Å². The molecule has 0 aromatic carbocycles. The van der Waals surface area contributed by atoms with Crippen molar-refractivity contribution in [1.29, 1.82) is 0 Å². The molecule has 2 heterocycles. The molecule has 4 amide bonds. The molecular formula is C30H36BrN5O6S. The molecule has 4 aliphatic carbocycles. The van der Waals surface area contributed by atoms with Crippen LogP contribution in [0.3, 0.4) is 0 Å². The van der Waals surface area contributed by atoms with E-state index in [4.69, 9.17) is 0 Å². The largest absolute Gasteiger partial charge is 0.351 e. The number of likely N-dealkylation sites (N-methyl/N-ethyl adjacent to an activating group) is 1. The van der Waals surface area contributed by atoms with Crippen LogP contribution in [0.15, 0.2) is 39.0 Å². The number of aromatic nitrogens is 1. The Labute approximate surface area is 261 Å².